The van der Waals surface area contributed by atoms with Gasteiger partial charge in [0, 0.05) is 12.0 Å². The third-order valence-corrected chi connectivity index (χ3v) is 2.84. The second-order valence-electron chi connectivity index (χ2n) is 4.04. The first-order valence-electron chi connectivity index (χ1n) is 4.70. The Morgan fingerprint density at radius 2 is 2.23 bits per heavy atom. The number of hydrogen-bond donors (Lipinski definition) is 0. The van der Waals surface area contributed by atoms with E-state index in [1.54, 1.807) is 0 Å². The molecule has 1 aliphatic carbocycles. The molecule has 0 aromatic carbocycles. The van der Waals surface area contributed by atoms with Crippen molar-refractivity contribution in [3.05, 3.63) is 23.3 Å². The molecule has 0 aromatic heterocycles. The zero-order valence-electron chi connectivity index (χ0n) is 8.09. The molecule has 0 radical (unpaired) electrons. The molecule has 0 saturated heterocycles. The summed E-state index contributed by atoms with van der Waals surface area (Å²) in [4.78, 5) is 11.2. The fourth-order valence-electron chi connectivity index (χ4n) is 1.93. The standard InChI is InChI=1S/C11H14O2/c1-8-3-5-11(6-4-8)7-9(2)10(12)13-11/h3,7H,4-6H2,1-2H3/t11-/m1/s1. The normalized spacial score (nSPS) is 32.9. The summed E-state index contributed by atoms with van der Waals surface area (Å²) in [6.45, 7) is 3.95. The van der Waals surface area contributed by atoms with Gasteiger partial charge in [0.1, 0.15) is 5.60 Å². The number of carbonyl (C=O) groups is 1. The number of hydrogen-bond acceptors (Lipinski definition) is 2. The third-order valence-electron chi connectivity index (χ3n) is 2.84. The molecular formula is C11H14O2. The molecule has 2 heteroatoms. The van der Waals surface area contributed by atoms with E-state index in [1.807, 2.05) is 13.0 Å². The van der Waals surface area contributed by atoms with Gasteiger partial charge in [-0.15, -0.1) is 0 Å². The summed E-state index contributed by atoms with van der Waals surface area (Å²) in [7, 11) is 0. The highest BCUT2D eigenvalue weighted by Gasteiger charge is 2.38. The minimum atomic E-state index is -0.291. The SMILES string of the molecule is CC1=CC[C@]2(C=C(C)C(=O)O2)CC1. The van der Waals surface area contributed by atoms with Gasteiger partial charge in [-0.05, 0) is 32.8 Å². The first-order chi connectivity index (χ1) is 6.11. The Bertz CT molecular complexity index is 312. The van der Waals surface area contributed by atoms with E-state index in [1.165, 1.54) is 5.57 Å². The lowest BCUT2D eigenvalue weighted by Crippen LogP contribution is -2.29. The van der Waals surface area contributed by atoms with E-state index in [-0.39, 0.29) is 11.6 Å². The molecule has 1 aliphatic heterocycles. The predicted molar refractivity (Wildman–Crippen MR) is 50.2 cm³/mol. The molecule has 0 bridgehead atoms. The van der Waals surface area contributed by atoms with Crippen LogP contribution < -0.4 is 0 Å². The van der Waals surface area contributed by atoms with Crippen LogP contribution in [0.2, 0.25) is 0 Å². The van der Waals surface area contributed by atoms with E-state index in [0.29, 0.717) is 0 Å². The molecule has 0 amide bonds. The van der Waals surface area contributed by atoms with E-state index in [2.05, 4.69) is 13.0 Å². The fourth-order valence-corrected chi connectivity index (χ4v) is 1.93. The topological polar surface area (TPSA) is 26.3 Å². The highest BCUT2D eigenvalue weighted by Crippen LogP contribution is 2.37. The van der Waals surface area contributed by atoms with Gasteiger partial charge in [-0.3, -0.25) is 0 Å². The van der Waals surface area contributed by atoms with Crippen molar-refractivity contribution in [1.82, 2.24) is 0 Å². The molecule has 1 spiro atoms. The predicted octanol–water partition coefficient (Wildman–Crippen LogP) is 2.36. The van der Waals surface area contributed by atoms with Gasteiger partial charge >= 0.3 is 5.97 Å². The van der Waals surface area contributed by atoms with Crippen molar-refractivity contribution in [2.45, 2.75) is 38.7 Å². The molecule has 13 heavy (non-hydrogen) atoms. The average Bonchev–Trinajstić information content (AvgIpc) is 2.36. The average molecular weight is 178 g/mol. The molecule has 1 atom stereocenters. The monoisotopic (exact) mass is 178 g/mol. The van der Waals surface area contributed by atoms with Crippen LogP contribution >= 0.6 is 0 Å². The maximum absolute atomic E-state index is 11.2. The highest BCUT2D eigenvalue weighted by atomic mass is 16.6. The summed E-state index contributed by atoms with van der Waals surface area (Å²) in [5, 5.41) is 0. The molecule has 0 aromatic rings. The summed E-state index contributed by atoms with van der Waals surface area (Å²) in [5.74, 6) is -0.145. The summed E-state index contributed by atoms with van der Waals surface area (Å²) in [5.41, 5.74) is 1.87. The zero-order valence-corrected chi connectivity index (χ0v) is 8.09. The molecule has 2 aliphatic rings. The molecule has 70 valence electrons. The van der Waals surface area contributed by atoms with Gasteiger partial charge in [0.15, 0.2) is 0 Å². The van der Waals surface area contributed by atoms with Crippen LogP contribution in [-0.4, -0.2) is 11.6 Å². The van der Waals surface area contributed by atoms with Crippen LogP contribution in [0.1, 0.15) is 33.1 Å². The van der Waals surface area contributed by atoms with Gasteiger partial charge in [-0.2, -0.15) is 0 Å². The largest absolute Gasteiger partial charge is 0.451 e. The molecule has 0 N–H and O–H groups in total. The molecule has 0 unspecified atom stereocenters. The van der Waals surface area contributed by atoms with E-state index in [4.69, 9.17) is 4.74 Å². The molecule has 2 nitrogen and oxygen atoms in total. The van der Waals surface area contributed by atoms with Gasteiger partial charge in [0.25, 0.3) is 0 Å². The van der Waals surface area contributed by atoms with Gasteiger partial charge in [-0.25, -0.2) is 4.79 Å². The maximum atomic E-state index is 11.2. The lowest BCUT2D eigenvalue weighted by molar-refractivity contribution is -0.146. The lowest BCUT2D eigenvalue weighted by Gasteiger charge is -2.29. The minimum Gasteiger partial charge on any atom is -0.451 e. The Hall–Kier alpha value is -1.05. The smallest absolute Gasteiger partial charge is 0.334 e. The highest BCUT2D eigenvalue weighted by molar-refractivity contribution is 5.90. The number of carbonyl (C=O) groups excluding carboxylic acids is 1. The van der Waals surface area contributed by atoms with E-state index in [0.717, 1.165) is 24.8 Å². The van der Waals surface area contributed by atoms with Gasteiger partial charge < -0.3 is 4.74 Å². The first-order valence-corrected chi connectivity index (χ1v) is 4.70. The molecule has 1 heterocycles. The van der Waals surface area contributed by atoms with Crippen molar-refractivity contribution in [2.75, 3.05) is 0 Å². The van der Waals surface area contributed by atoms with Crippen LogP contribution in [0, 0.1) is 0 Å². The summed E-state index contributed by atoms with van der Waals surface area (Å²) < 4.78 is 5.37. The van der Waals surface area contributed by atoms with Gasteiger partial charge in [0.2, 0.25) is 0 Å². The van der Waals surface area contributed by atoms with E-state index < -0.39 is 0 Å². The van der Waals surface area contributed by atoms with Crippen molar-refractivity contribution < 1.29 is 9.53 Å². The van der Waals surface area contributed by atoms with Crippen LogP contribution in [0.25, 0.3) is 0 Å². The number of esters is 1. The van der Waals surface area contributed by atoms with Crippen LogP contribution in [0.15, 0.2) is 23.3 Å². The molecule has 2 rings (SSSR count). The van der Waals surface area contributed by atoms with Crippen molar-refractivity contribution in [3.63, 3.8) is 0 Å². The maximum Gasteiger partial charge on any atom is 0.334 e. The van der Waals surface area contributed by atoms with Gasteiger partial charge in [-0.1, -0.05) is 11.6 Å². The first kappa shape index (κ1) is 8.54. The Labute approximate surface area is 78.3 Å². The summed E-state index contributed by atoms with van der Waals surface area (Å²) in [6.07, 6.45) is 6.99. The third kappa shape index (κ3) is 1.41. The molecular weight excluding hydrogens is 164 g/mol. The van der Waals surface area contributed by atoms with Crippen LogP contribution in [0.3, 0.4) is 0 Å². The van der Waals surface area contributed by atoms with Gasteiger partial charge in [0.05, 0.1) is 0 Å². The second kappa shape index (κ2) is 2.72. The minimum absolute atomic E-state index is 0.145. The zero-order chi connectivity index (χ0) is 9.47. The van der Waals surface area contributed by atoms with E-state index >= 15 is 0 Å². The molecule has 0 saturated carbocycles. The number of rotatable bonds is 0. The van der Waals surface area contributed by atoms with Crippen molar-refractivity contribution >= 4 is 5.97 Å². The lowest BCUT2D eigenvalue weighted by atomic mass is 9.86. The second-order valence-corrected chi connectivity index (χ2v) is 4.04. The Morgan fingerprint density at radius 1 is 1.46 bits per heavy atom. The van der Waals surface area contributed by atoms with Crippen LogP contribution in [0.5, 0.6) is 0 Å². The molecule has 0 fully saturated rings. The van der Waals surface area contributed by atoms with Crippen LogP contribution in [-0.2, 0) is 9.53 Å². The number of ether oxygens (including phenoxy) is 1. The van der Waals surface area contributed by atoms with E-state index in [9.17, 15) is 4.79 Å². The van der Waals surface area contributed by atoms with Crippen molar-refractivity contribution in [1.29, 1.82) is 0 Å². The number of allylic oxidation sites excluding steroid dienone is 1. The Kier molecular flexibility index (Phi) is 1.79. The summed E-state index contributed by atoms with van der Waals surface area (Å²) >= 11 is 0. The summed E-state index contributed by atoms with van der Waals surface area (Å²) in [6, 6.07) is 0. The quantitative estimate of drug-likeness (QED) is 0.420. The van der Waals surface area contributed by atoms with Crippen molar-refractivity contribution in [3.8, 4) is 0 Å². The fraction of sp³-hybridized carbons (Fsp3) is 0.545. The Morgan fingerprint density at radius 3 is 2.69 bits per heavy atom. The van der Waals surface area contributed by atoms with Crippen LogP contribution in [0.4, 0.5) is 0 Å². The van der Waals surface area contributed by atoms with Crippen molar-refractivity contribution in [2.24, 2.45) is 0 Å². The Balaban J connectivity index is 2.22.